The molecule has 0 saturated carbocycles. The average molecular weight is 304 g/mol. The molecule has 2 fully saturated rings. The summed E-state index contributed by atoms with van der Waals surface area (Å²) in [6.45, 7) is 0.141. The summed E-state index contributed by atoms with van der Waals surface area (Å²) in [5, 5.41) is 0. The van der Waals surface area contributed by atoms with Gasteiger partial charge in [0.15, 0.2) is 0 Å². The van der Waals surface area contributed by atoms with E-state index in [1.165, 1.54) is 12.8 Å². The van der Waals surface area contributed by atoms with Crippen LogP contribution in [0.25, 0.3) is 0 Å². The van der Waals surface area contributed by atoms with Crippen LogP contribution >= 0.6 is 0 Å². The van der Waals surface area contributed by atoms with E-state index in [-0.39, 0.29) is 18.7 Å². The Morgan fingerprint density at radius 1 is 1.27 bits per heavy atom. The summed E-state index contributed by atoms with van der Waals surface area (Å²) in [5.41, 5.74) is 0.883. The van der Waals surface area contributed by atoms with Crippen LogP contribution in [-0.2, 0) is 14.4 Å². The molecule has 2 saturated heterocycles. The molecule has 0 aliphatic carbocycles. The first kappa shape index (κ1) is 15.5. The summed E-state index contributed by atoms with van der Waals surface area (Å²) >= 11 is 0. The minimum absolute atomic E-state index is 0.0187. The predicted octanol–water partition coefficient (Wildman–Crippen LogP) is 1.83. The summed E-state index contributed by atoms with van der Waals surface area (Å²) in [6, 6.07) is 10.6. The Labute approximate surface area is 131 Å². The molecule has 1 aromatic rings. The van der Waals surface area contributed by atoms with E-state index in [2.05, 4.69) is 11.9 Å². The van der Waals surface area contributed by atoms with Crippen molar-refractivity contribution in [1.82, 2.24) is 4.90 Å². The number of benzene rings is 1. The van der Waals surface area contributed by atoms with Gasteiger partial charge in [-0.2, -0.15) is 0 Å². The van der Waals surface area contributed by atoms with E-state index in [9.17, 15) is 4.79 Å². The molecule has 5 nitrogen and oxygen atoms in total. The number of carbonyl (C=O) groups excluding carboxylic acids is 1. The molecule has 120 valence electrons. The Bertz CT molecular complexity index is 494. The number of fused-ring (bicyclic) bond motifs is 2. The highest BCUT2D eigenvalue weighted by atomic mass is 16.6. The zero-order valence-corrected chi connectivity index (χ0v) is 13.0. The molecule has 0 spiro atoms. The van der Waals surface area contributed by atoms with Crippen LogP contribution in [0.4, 0.5) is 0 Å². The van der Waals surface area contributed by atoms with Crippen LogP contribution in [0.3, 0.4) is 0 Å². The third-order valence-electron chi connectivity index (χ3n) is 5.09. The van der Waals surface area contributed by atoms with Crippen LogP contribution in [-0.4, -0.2) is 42.7 Å². The lowest BCUT2D eigenvalue weighted by Gasteiger charge is -2.36. The number of nitrogens with zero attached hydrogens (tertiary/aromatic N) is 1. The second-order valence-corrected chi connectivity index (χ2v) is 6.38. The fraction of sp³-hybridized carbons (Fsp3) is 0.588. The topological polar surface area (TPSA) is 64.8 Å². The van der Waals surface area contributed by atoms with Crippen LogP contribution in [0.15, 0.2) is 30.3 Å². The SMILES string of the molecule is CN1[C@@H]2CC[C@H]1C[C@@H](OC(=O)C(CON)c1ccccc1)C2. The Hall–Kier alpha value is -1.43. The third-order valence-corrected chi connectivity index (χ3v) is 5.09. The van der Waals surface area contributed by atoms with Crippen molar-refractivity contribution < 1.29 is 14.4 Å². The summed E-state index contributed by atoms with van der Waals surface area (Å²) in [7, 11) is 2.18. The standard InChI is InChI=1S/C17H24N2O3/c1-19-13-7-8-14(19)10-15(9-13)22-17(20)16(11-21-18)12-5-3-2-4-6-12/h2-6,13-16H,7-11,18H2,1H3/t13-,14+,15+,16?. The van der Waals surface area contributed by atoms with Gasteiger partial charge in [0, 0.05) is 12.1 Å². The number of piperidine rings is 1. The fourth-order valence-electron chi connectivity index (χ4n) is 3.79. The molecule has 2 aliphatic heterocycles. The zero-order valence-electron chi connectivity index (χ0n) is 13.0. The number of ether oxygens (including phenoxy) is 1. The summed E-state index contributed by atoms with van der Waals surface area (Å²) in [4.78, 5) is 19.7. The highest BCUT2D eigenvalue weighted by molar-refractivity contribution is 5.78. The molecule has 3 rings (SSSR count). The van der Waals surface area contributed by atoms with Crippen LogP contribution in [0.5, 0.6) is 0 Å². The van der Waals surface area contributed by atoms with Crippen molar-refractivity contribution in [3.05, 3.63) is 35.9 Å². The maximum atomic E-state index is 12.5. The lowest BCUT2D eigenvalue weighted by atomic mass is 9.98. The molecule has 2 heterocycles. The summed E-state index contributed by atoms with van der Waals surface area (Å²) in [5.74, 6) is 4.51. The molecule has 1 aromatic carbocycles. The molecule has 2 bridgehead atoms. The first-order chi connectivity index (χ1) is 10.7. The van der Waals surface area contributed by atoms with Gasteiger partial charge in [0.05, 0.1) is 6.61 Å². The van der Waals surface area contributed by atoms with Gasteiger partial charge in [-0.3, -0.25) is 4.79 Å². The predicted molar refractivity (Wildman–Crippen MR) is 83.0 cm³/mol. The molecule has 2 N–H and O–H groups in total. The Morgan fingerprint density at radius 3 is 2.50 bits per heavy atom. The van der Waals surface area contributed by atoms with Gasteiger partial charge in [0.1, 0.15) is 12.0 Å². The van der Waals surface area contributed by atoms with Crippen molar-refractivity contribution in [3.8, 4) is 0 Å². The molecule has 4 atom stereocenters. The van der Waals surface area contributed by atoms with E-state index in [0.29, 0.717) is 12.1 Å². The van der Waals surface area contributed by atoms with Gasteiger partial charge in [-0.1, -0.05) is 30.3 Å². The van der Waals surface area contributed by atoms with Gasteiger partial charge in [-0.25, -0.2) is 5.90 Å². The molecule has 0 amide bonds. The maximum absolute atomic E-state index is 12.5. The van der Waals surface area contributed by atoms with E-state index in [0.717, 1.165) is 18.4 Å². The molecular weight excluding hydrogens is 280 g/mol. The van der Waals surface area contributed by atoms with Gasteiger partial charge in [-0.05, 0) is 38.3 Å². The number of rotatable bonds is 5. The molecule has 2 aliphatic rings. The number of nitrogens with two attached hydrogens (primary N) is 1. The van der Waals surface area contributed by atoms with Crippen LogP contribution < -0.4 is 5.90 Å². The minimum atomic E-state index is -0.455. The quantitative estimate of drug-likeness (QED) is 0.664. The lowest BCUT2D eigenvalue weighted by Crippen LogP contribution is -2.44. The Morgan fingerprint density at radius 2 is 1.91 bits per heavy atom. The molecular formula is C17H24N2O3. The van der Waals surface area contributed by atoms with E-state index in [1.807, 2.05) is 30.3 Å². The fourth-order valence-corrected chi connectivity index (χ4v) is 3.79. The van der Waals surface area contributed by atoms with Crippen molar-refractivity contribution in [2.24, 2.45) is 5.90 Å². The smallest absolute Gasteiger partial charge is 0.316 e. The normalized spacial score (nSPS) is 29.3. The lowest BCUT2D eigenvalue weighted by molar-refractivity contribution is -0.156. The Kier molecular flexibility index (Phi) is 4.76. The monoisotopic (exact) mass is 304 g/mol. The van der Waals surface area contributed by atoms with Crippen molar-refractivity contribution in [2.45, 2.75) is 49.8 Å². The third kappa shape index (κ3) is 3.16. The highest BCUT2D eigenvalue weighted by Crippen LogP contribution is 2.36. The number of hydrogen-bond acceptors (Lipinski definition) is 5. The summed E-state index contributed by atoms with van der Waals surface area (Å²) < 4.78 is 5.79. The minimum Gasteiger partial charge on any atom is -0.462 e. The number of carbonyl (C=O) groups is 1. The van der Waals surface area contributed by atoms with Crippen LogP contribution in [0.1, 0.15) is 37.2 Å². The van der Waals surface area contributed by atoms with E-state index >= 15 is 0 Å². The van der Waals surface area contributed by atoms with E-state index < -0.39 is 5.92 Å². The van der Waals surface area contributed by atoms with Crippen LogP contribution in [0.2, 0.25) is 0 Å². The van der Waals surface area contributed by atoms with Gasteiger partial charge in [0.25, 0.3) is 0 Å². The van der Waals surface area contributed by atoms with Gasteiger partial charge < -0.3 is 14.5 Å². The van der Waals surface area contributed by atoms with Gasteiger partial charge in [0.2, 0.25) is 0 Å². The number of hydrogen-bond donors (Lipinski definition) is 1. The molecule has 1 unspecified atom stereocenters. The van der Waals surface area contributed by atoms with Crippen molar-refractivity contribution in [2.75, 3.05) is 13.7 Å². The first-order valence-electron chi connectivity index (χ1n) is 7.98. The van der Waals surface area contributed by atoms with Gasteiger partial charge in [-0.15, -0.1) is 0 Å². The Balaban J connectivity index is 1.65. The largest absolute Gasteiger partial charge is 0.462 e. The van der Waals surface area contributed by atoms with Crippen molar-refractivity contribution in [3.63, 3.8) is 0 Å². The second kappa shape index (κ2) is 6.77. The maximum Gasteiger partial charge on any atom is 0.316 e. The molecule has 5 heteroatoms. The second-order valence-electron chi connectivity index (χ2n) is 6.38. The molecule has 0 radical (unpaired) electrons. The molecule has 22 heavy (non-hydrogen) atoms. The van der Waals surface area contributed by atoms with E-state index in [1.54, 1.807) is 0 Å². The first-order valence-corrected chi connectivity index (χ1v) is 7.98. The summed E-state index contributed by atoms with van der Waals surface area (Å²) in [6.07, 6.45) is 4.31. The number of esters is 1. The molecule has 0 aromatic heterocycles. The van der Waals surface area contributed by atoms with Crippen LogP contribution in [0, 0.1) is 0 Å². The van der Waals surface area contributed by atoms with E-state index in [4.69, 9.17) is 15.5 Å². The highest BCUT2D eigenvalue weighted by Gasteiger charge is 2.40. The average Bonchev–Trinajstić information content (AvgIpc) is 2.75. The van der Waals surface area contributed by atoms with Crippen molar-refractivity contribution in [1.29, 1.82) is 0 Å². The zero-order chi connectivity index (χ0) is 15.5. The van der Waals surface area contributed by atoms with Crippen molar-refractivity contribution >= 4 is 5.97 Å². The van der Waals surface area contributed by atoms with Gasteiger partial charge >= 0.3 is 5.97 Å².